The van der Waals surface area contributed by atoms with Crippen LogP contribution in [0.5, 0.6) is 0 Å². The first-order valence-electron chi connectivity index (χ1n) is 15.3. The lowest BCUT2D eigenvalue weighted by atomic mass is 9.70. The van der Waals surface area contributed by atoms with E-state index in [9.17, 15) is 4.79 Å². The number of imidazole rings is 1. The molecule has 2 aromatic carbocycles. The lowest BCUT2D eigenvalue weighted by molar-refractivity contribution is 0.0606. The molecule has 4 aromatic rings. The Balaban J connectivity index is 1.06. The summed E-state index contributed by atoms with van der Waals surface area (Å²) in [6.07, 6.45) is 9.69. The first-order valence-corrected chi connectivity index (χ1v) is 15.3. The van der Waals surface area contributed by atoms with Gasteiger partial charge < -0.3 is 15.2 Å². The SMILES string of the molecule is Cc1nc2ccccc2n1C1C[C@H]2CC[C@@H](C1)N2CCC1(c2ccccc2)CCN(C(=O)c2ccc(N)nc2)CC1. The zero-order valence-electron chi connectivity index (χ0n) is 24.0. The summed E-state index contributed by atoms with van der Waals surface area (Å²) in [7, 11) is 0. The van der Waals surface area contributed by atoms with Gasteiger partial charge >= 0.3 is 0 Å². The number of nitrogens with two attached hydrogens (primary N) is 1. The Morgan fingerprint density at radius 1 is 0.927 bits per heavy atom. The van der Waals surface area contributed by atoms with Crippen molar-refractivity contribution in [3.05, 3.63) is 89.9 Å². The lowest BCUT2D eigenvalue weighted by Gasteiger charge is -2.45. The molecule has 3 saturated heterocycles. The van der Waals surface area contributed by atoms with Crippen LogP contribution >= 0.6 is 0 Å². The highest BCUT2D eigenvalue weighted by Gasteiger charge is 2.44. The maximum absolute atomic E-state index is 13.2. The number of nitrogens with zero attached hydrogens (tertiary/aromatic N) is 5. The van der Waals surface area contributed by atoms with Gasteiger partial charge in [-0.3, -0.25) is 9.69 Å². The molecule has 3 aliphatic rings. The van der Waals surface area contributed by atoms with E-state index in [4.69, 9.17) is 10.7 Å². The third-order valence-corrected chi connectivity index (χ3v) is 10.3. The smallest absolute Gasteiger partial charge is 0.255 e. The van der Waals surface area contributed by atoms with E-state index in [0.717, 1.165) is 50.2 Å². The van der Waals surface area contributed by atoms with Crippen LogP contribution in [-0.4, -0.2) is 62.0 Å². The van der Waals surface area contributed by atoms with Crippen LogP contribution in [0.4, 0.5) is 5.82 Å². The molecule has 0 spiro atoms. The number of carbonyl (C=O) groups excluding carboxylic acids is 1. The zero-order chi connectivity index (χ0) is 28.0. The molecule has 3 aliphatic heterocycles. The summed E-state index contributed by atoms with van der Waals surface area (Å²) in [5.41, 5.74) is 10.3. The Morgan fingerprint density at radius 2 is 1.63 bits per heavy atom. The van der Waals surface area contributed by atoms with Gasteiger partial charge in [-0.2, -0.15) is 0 Å². The number of piperidine rings is 2. The number of benzene rings is 2. The molecule has 3 fully saturated rings. The fourth-order valence-corrected chi connectivity index (χ4v) is 8.12. The molecule has 7 nitrogen and oxygen atoms in total. The van der Waals surface area contributed by atoms with Crippen LogP contribution in [0.25, 0.3) is 11.0 Å². The van der Waals surface area contributed by atoms with E-state index < -0.39 is 0 Å². The van der Waals surface area contributed by atoms with Crippen molar-refractivity contribution in [2.24, 2.45) is 0 Å². The lowest BCUT2D eigenvalue weighted by Crippen LogP contribution is -2.49. The second-order valence-corrected chi connectivity index (χ2v) is 12.4. The maximum atomic E-state index is 13.2. The Morgan fingerprint density at radius 3 is 2.34 bits per heavy atom. The van der Waals surface area contributed by atoms with E-state index >= 15 is 0 Å². The molecular weight excluding hydrogens is 508 g/mol. The fourth-order valence-electron chi connectivity index (χ4n) is 8.12. The summed E-state index contributed by atoms with van der Waals surface area (Å²) in [4.78, 5) is 27.1. The highest BCUT2D eigenvalue weighted by Crippen LogP contribution is 2.45. The molecule has 3 atom stereocenters. The van der Waals surface area contributed by atoms with Gasteiger partial charge in [0.25, 0.3) is 5.91 Å². The van der Waals surface area contributed by atoms with Crippen LogP contribution in [-0.2, 0) is 5.41 Å². The van der Waals surface area contributed by atoms with Crippen LogP contribution in [0.2, 0.25) is 0 Å². The van der Waals surface area contributed by atoms with Crippen molar-refractivity contribution in [3.63, 3.8) is 0 Å². The molecule has 2 N–H and O–H groups in total. The van der Waals surface area contributed by atoms with E-state index in [2.05, 4.69) is 76.0 Å². The number of hydrogen-bond donors (Lipinski definition) is 1. The zero-order valence-corrected chi connectivity index (χ0v) is 24.0. The van der Waals surface area contributed by atoms with Gasteiger partial charge in [-0.15, -0.1) is 0 Å². The summed E-state index contributed by atoms with van der Waals surface area (Å²) in [5.74, 6) is 1.64. The minimum absolute atomic E-state index is 0.0570. The largest absolute Gasteiger partial charge is 0.384 e. The predicted molar refractivity (Wildman–Crippen MR) is 163 cm³/mol. The second-order valence-electron chi connectivity index (χ2n) is 12.4. The Labute approximate surface area is 242 Å². The van der Waals surface area contributed by atoms with E-state index in [-0.39, 0.29) is 11.3 Å². The van der Waals surface area contributed by atoms with Gasteiger partial charge in [0.15, 0.2) is 0 Å². The Bertz CT molecular complexity index is 1510. The molecule has 7 rings (SSSR count). The summed E-state index contributed by atoms with van der Waals surface area (Å²) < 4.78 is 2.52. The van der Waals surface area contributed by atoms with Crippen LogP contribution in [0.15, 0.2) is 72.9 Å². The second kappa shape index (κ2) is 10.6. The first kappa shape index (κ1) is 26.2. The summed E-state index contributed by atoms with van der Waals surface area (Å²) in [5, 5.41) is 0. The summed E-state index contributed by atoms with van der Waals surface area (Å²) in [6, 6.07) is 24.9. The van der Waals surface area contributed by atoms with E-state index in [0.29, 0.717) is 29.5 Å². The van der Waals surface area contributed by atoms with E-state index in [1.165, 1.54) is 36.8 Å². The van der Waals surface area contributed by atoms with Crippen molar-refractivity contribution in [3.8, 4) is 0 Å². The maximum Gasteiger partial charge on any atom is 0.255 e. The number of anilines is 1. The Hall–Kier alpha value is -3.71. The van der Waals surface area contributed by atoms with Gasteiger partial charge in [0.1, 0.15) is 11.6 Å². The first-order chi connectivity index (χ1) is 20.0. The number of aryl methyl sites for hydroxylation is 1. The minimum atomic E-state index is 0.0570. The van der Waals surface area contributed by atoms with E-state index in [1.807, 2.05) is 4.90 Å². The third-order valence-electron chi connectivity index (χ3n) is 10.3. The number of nitrogen functional groups attached to an aromatic ring is 1. The van der Waals surface area contributed by atoms with Crippen LogP contribution in [0.3, 0.4) is 0 Å². The van der Waals surface area contributed by atoms with Gasteiger partial charge in [-0.25, -0.2) is 9.97 Å². The molecule has 7 heteroatoms. The fraction of sp³-hybridized carbons (Fsp3) is 0.441. The van der Waals surface area contributed by atoms with E-state index in [1.54, 1.807) is 18.3 Å². The highest BCUT2D eigenvalue weighted by molar-refractivity contribution is 5.94. The van der Waals surface area contributed by atoms with Crippen LogP contribution < -0.4 is 5.73 Å². The standard InChI is InChI=1S/C34H40N6O/c1-24-37-30-9-5-6-10-31(30)40(24)29-21-27-12-13-28(22-29)39(27)20-17-34(26-7-3-2-4-8-26)15-18-38(19-16-34)33(41)25-11-14-32(35)36-23-25/h2-11,14,23,27-29H,12-13,15-22H2,1H3,(H2,35,36)/t27-,28+,29?. The summed E-state index contributed by atoms with van der Waals surface area (Å²) in [6.45, 7) is 4.81. The van der Waals surface area contributed by atoms with Gasteiger partial charge in [0.05, 0.1) is 16.6 Å². The average molecular weight is 549 g/mol. The predicted octanol–water partition coefficient (Wildman–Crippen LogP) is 5.75. The number of hydrogen-bond acceptors (Lipinski definition) is 5. The average Bonchev–Trinajstić information content (AvgIpc) is 3.47. The van der Waals surface area contributed by atoms with Crippen molar-refractivity contribution < 1.29 is 4.79 Å². The molecule has 41 heavy (non-hydrogen) atoms. The molecule has 1 unspecified atom stereocenters. The number of amides is 1. The third kappa shape index (κ3) is 4.80. The Kier molecular flexibility index (Phi) is 6.78. The number of carbonyl (C=O) groups is 1. The monoisotopic (exact) mass is 548 g/mol. The number of likely N-dealkylation sites (tertiary alicyclic amines) is 1. The molecular formula is C34H40N6O. The highest BCUT2D eigenvalue weighted by atomic mass is 16.2. The van der Waals surface area contributed by atoms with Crippen LogP contribution in [0.1, 0.15) is 72.7 Å². The molecule has 1 amide bonds. The molecule has 0 radical (unpaired) electrons. The van der Waals surface area contributed by atoms with Gasteiger partial charge in [-0.05, 0) is 93.7 Å². The number of para-hydroxylation sites is 2. The molecule has 0 aliphatic carbocycles. The van der Waals surface area contributed by atoms with Crippen molar-refractivity contribution in [1.29, 1.82) is 0 Å². The van der Waals surface area contributed by atoms with Crippen molar-refractivity contribution >= 4 is 22.8 Å². The molecule has 212 valence electrons. The van der Waals surface area contributed by atoms with Crippen molar-refractivity contribution in [1.82, 2.24) is 24.3 Å². The van der Waals surface area contributed by atoms with Crippen LogP contribution in [0, 0.1) is 6.92 Å². The molecule has 2 bridgehead atoms. The topological polar surface area (TPSA) is 80.3 Å². The van der Waals surface area contributed by atoms with Gasteiger partial charge in [-0.1, -0.05) is 42.5 Å². The van der Waals surface area contributed by atoms with Crippen molar-refractivity contribution in [2.45, 2.75) is 75.4 Å². The summed E-state index contributed by atoms with van der Waals surface area (Å²) >= 11 is 0. The number of fused-ring (bicyclic) bond motifs is 3. The van der Waals surface area contributed by atoms with Gasteiger partial charge in [0.2, 0.25) is 0 Å². The normalized spacial score (nSPS) is 24.1. The van der Waals surface area contributed by atoms with Gasteiger partial charge in [0, 0.05) is 37.4 Å². The number of pyridine rings is 1. The molecule has 0 saturated carbocycles. The van der Waals surface area contributed by atoms with Crippen molar-refractivity contribution in [2.75, 3.05) is 25.4 Å². The quantitative estimate of drug-likeness (QED) is 0.332. The number of rotatable bonds is 6. The number of aromatic nitrogens is 3. The minimum Gasteiger partial charge on any atom is -0.384 e. The molecule has 5 heterocycles. The molecule has 2 aromatic heterocycles.